The number of halogens is 3. The molecule has 0 bridgehead atoms. The minimum Gasteiger partial charge on any atom is -0.349 e. The van der Waals surface area contributed by atoms with Crippen molar-refractivity contribution in [1.82, 2.24) is 10.6 Å². The fourth-order valence-corrected chi connectivity index (χ4v) is 3.81. The smallest absolute Gasteiger partial charge is 0.225 e. The van der Waals surface area contributed by atoms with E-state index in [1.165, 1.54) is 12.1 Å². The van der Waals surface area contributed by atoms with Crippen LogP contribution >= 0.6 is 23.2 Å². The molecule has 1 heterocycles. The minimum atomic E-state index is -0.313. The van der Waals surface area contributed by atoms with E-state index in [0.717, 1.165) is 11.1 Å². The Kier molecular flexibility index (Phi) is 5.62. The summed E-state index contributed by atoms with van der Waals surface area (Å²) >= 11 is 12.3. The average Bonchev–Trinajstić information content (AvgIpc) is 3.04. The molecule has 3 nitrogen and oxygen atoms in total. The number of hydrogen-bond acceptors (Lipinski definition) is 2. The van der Waals surface area contributed by atoms with Gasteiger partial charge >= 0.3 is 0 Å². The van der Waals surface area contributed by atoms with Crippen molar-refractivity contribution >= 4 is 29.1 Å². The zero-order valence-corrected chi connectivity index (χ0v) is 15.2. The monoisotopic (exact) mass is 380 g/mol. The van der Waals surface area contributed by atoms with Gasteiger partial charge in [-0.3, -0.25) is 4.79 Å². The maximum atomic E-state index is 13.4. The molecule has 0 aromatic heterocycles. The predicted octanol–water partition coefficient (Wildman–Crippen LogP) is 4.31. The first-order valence-electron chi connectivity index (χ1n) is 8.17. The Morgan fingerprint density at radius 3 is 2.76 bits per heavy atom. The van der Waals surface area contributed by atoms with Gasteiger partial charge in [0.15, 0.2) is 0 Å². The van der Waals surface area contributed by atoms with Gasteiger partial charge in [-0.1, -0.05) is 41.4 Å². The molecule has 1 saturated heterocycles. The predicted molar refractivity (Wildman–Crippen MR) is 98.5 cm³/mol. The molecule has 2 aromatic carbocycles. The molecule has 0 saturated carbocycles. The summed E-state index contributed by atoms with van der Waals surface area (Å²) in [7, 11) is 0. The summed E-state index contributed by atoms with van der Waals surface area (Å²) in [5.74, 6) is -0.649. The molecule has 0 aliphatic carbocycles. The topological polar surface area (TPSA) is 41.1 Å². The van der Waals surface area contributed by atoms with Gasteiger partial charge < -0.3 is 10.6 Å². The summed E-state index contributed by atoms with van der Waals surface area (Å²) in [6.07, 6.45) is 0. The van der Waals surface area contributed by atoms with E-state index in [1.54, 1.807) is 24.3 Å². The molecule has 25 heavy (non-hydrogen) atoms. The van der Waals surface area contributed by atoms with Crippen molar-refractivity contribution < 1.29 is 9.18 Å². The van der Waals surface area contributed by atoms with Crippen LogP contribution in [0.1, 0.15) is 30.0 Å². The van der Waals surface area contributed by atoms with Gasteiger partial charge in [-0.05, 0) is 42.3 Å². The van der Waals surface area contributed by atoms with Crippen LogP contribution in [0.2, 0.25) is 10.0 Å². The summed E-state index contributed by atoms with van der Waals surface area (Å²) in [5.41, 5.74) is 1.65. The minimum absolute atomic E-state index is 0.0236. The van der Waals surface area contributed by atoms with Gasteiger partial charge in [0.1, 0.15) is 5.82 Å². The van der Waals surface area contributed by atoms with E-state index in [9.17, 15) is 9.18 Å². The second-order valence-corrected chi connectivity index (χ2v) is 7.17. The van der Waals surface area contributed by atoms with E-state index in [0.29, 0.717) is 23.1 Å². The van der Waals surface area contributed by atoms with Crippen molar-refractivity contribution in [2.45, 2.75) is 18.9 Å². The summed E-state index contributed by atoms with van der Waals surface area (Å²) in [5, 5.41) is 7.37. The molecule has 3 atom stereocenters. The van der Waals surface area contributed by atoms with Crippen molar-refractivity contribution in [3.63, 3.8) is 0 Å². The molecule has 1 amide bonds. The normalized spacial score (nSPS) is 21.1. The van der Waals surface area contributed by atoms with Crippen molar-refractivity contribution in [3.05, 3.63) is 69.5 Å². The van der Waals surface area contributed by atoms with Crippen LogP contribution < -0.4 is 10.6 Å². The molecule has 1 fully saturated rings. The largest absolute Gasteiger partial charge is 0.349 e. The van der Waals surface area contributed by atoms with Crippen LogP contribution in [-0.2, 0) is 4.79 Å². The van der Waals surface area contributed by atoms with Gasteiger partial charge in [0.05, 0.1) is 12.0 Å². The second kappa shape index (κ2) is 7.73. The fourth-order valence-electron chi connectivity index (χ4n) is 3.26. The number of rotatable bonds is 4. The van der Waals surface area contributed by atoms with Gasteiger partial charge in [-0.25, -0.2) is 4.39 Å². The molecule has 6 heteroatoms. The number of benzene rings is 2. The number of carbonyl (C=O) groups excluding carboxylic acids is 1. The lowest BCUT2D eigenvalue weighted by molar-refractivity contribution is -0.125. The van der Waals surface area contributed by atoms with Crippen molar-refractivity contribution in [2.24, 2.45) is 5.92 Å². The Hall–Kier alpha value is -1.62. The maximum absolute atomic E-state index is 13.4. The highest BCUT2D eigenvalue weighted by atomic mass is 35.5. The maximum Gasteiger partial charge on any atom is 0.225 e. The van der Waals surface area contributed by atoms with Crippen molar-refractivity contribution in [1.29, 1.82) is 0 Å². The summed E-state index contributed by atoms with van der Waals surface area (Å²) in [4.78, 5) is 12.8. The van der Waals surface area contributed by atoms with Crippen LogP contribution in [0.5, 0.6) is 0 Å². The molecule has 132 valence electrons. The van der Waals surface area contributed by atoms with Crippen LogP contribution in [-0.4, -0.2) is 19.0 Å². The van der Waals surface area contributed by atoms with Crippen molar-refractivity contribution in [3.8, 4) is 0 Å². The SMILES string of the molecule is C[C@H](NC(=O)[C@@H]1CNC[C@H]1c1ccc(Cl)cc1Cl)c1cccc(F)c1. The Morgan fingerprint density at radius 2 is 2.04 bits per heavy atom. The first-order valence-corrected chi connectivity index (χ1v) is 8.93. The molecule has 1 aliphatic rings. The molecule has 0 spiro atoms. The molecule has 1 aliphatic heterocycles. The van der Waals surface area contributed by atoms with Crippen LogP contribution in [0.4, 0.5) is 4.39 Å². The molecule has 2 N–H and O–H groups in total. The second-order valence-electron chi connectivity index (χ2n) is 6.32. The van der Waals surface area contributed by atoms with Gasteiger partial charge in [-0.2, -0.15) is 0 Å². The molecule has 2 aromatic rings. The fraction of sp³-hybridized carbons (Fsp3) is 0.316. The van der Waals surface area contributed by atoms with E-state index in [1.807, 2.05) is 13.0 Å². The molecular weight excluding hydrogens is 362 g/mol. The number of nitrogens with one attached hydrogen (secondary N) is 2. The van der Waals surface area contributed by atoms with E-state index >= 15 is 0 Å². The lowest BCUT2D eigenvalue weighted by Gasteiger charge is -2.22. The first kappa shape index (κ1) is 18.2. The Bertz CT molecular complexity index is 784. The van der Waals surface area contributed by atoms with E-state index in [4.69, 9.17) is 23.2 Å². The molecular formula is C19H19Cl2FN2O. The van der Waals surface area contributed by atoms with Gasteiger partial charge in [-0.15, -0.1) is 0 Å². The van der Waals surface area contributed by atoms with E-state index in [-0.39, 0.29) is 29.6 Å². The zero-order valence-electron chi connectivity index (χ0n) is 13.7. The first-order chi connectivity index (χ1) is 12.0. The molecule has 0 radical (unpaired) electrons. The quantitative estimate of drug-likeness (QED) is 0.829. The molecule has 3 rings (SSSR count). The number of hydrogen-bond donors (Lipinski definition) is 2. The third kappa shape index (κ3) is 4.14. The Labute approximate surface area is 156 Å². The van der Waals surface area contributed by atoms with Gasteiger partial charge in [0.2, 0.25) is 5.91 Å². The van der Waals surface area contributed by atoms with E-state index < -0.39 is 0 Å². The average molecular weight is 381 g/mol. The summed E-state index contributed by atoms with van der Waals surface area (Å²) in [6.45, 7) is 3.10. The lowest BCUT2D eigenvalue weighted by Crippen LogP contribution is -2.36. The third-order valence-electron chi connectivity index (χ3n) is 4.62. The highest BCUT2D eigenvalue weighted by molar-refractivity contribution is 6.35. The highest BCUT2D eigenvalue weighted by Crippen LogP contribution is 2.34. The lowest BCUT2D eigenvalue weighted by atomic mass is 9.88. The van der Waals surface area contributed by atoms with Gasteiger partial charge in [0.25, 0.3) is 0 Å². The van der Waals surface area contributed by atoms with E-state index in [2.05, 4.69) is 10.6 Å². The number of carbonyl (C=O) groups is 1. The summed E-state index contributed by atoms with van der Waals surface area (Å²) < 4.78 is 13.4. The van der Waals surface area contributed by atoms with Crippen LogP contribution in [0.25, 0.3) is 0 Å². The standard InChI is InChI=1S/C19H19Cl2FN2O/c1-11(12-3-2-4-14(22)7-12)24-19(25)17-10-23-9-16(17)15-6-5-13(20)8-18(15)21/h2-8,11,16-17,23H,9-10H2,1H3,(H,24,25)/t11-,16-,17+/m0/s1. The highest BCUT2D eigenvalue weighted by Gasteiger charge is 2.35. The third-order valence-corrected chi connectivity index (χ3v) is 5.18. The van der Waals surface area contributed by atoms with Gasteiger partial charge in [0, 0.05) is 29.1 Å². The summed E-state index contributed by atoms with van der Waals surface area (Å²) in [6, 6.07) is 11.3. The van der Waals surface area contributed by atoms with Crippen LogP contribution in [0, 0.1) is 11.7 Å². The molecule has 0 unspecified atom stereocenters. The number of amides is 1. The van der Waals surface area contributed by atoms with Crippen LogP contribution in [0.15, 0.2) is 42.5 Å². The zero-order chi connectivity index (χ0) is 18.0. The Balaban J connectivity index is 1.74. The van der Waals surface area contributed by atoms with Crippen molar-refractivity contribution in [2.75, 3.05) is 13.1 Å². The van der Waals surface area contributed by atoms with Crippen LogP contribution in [0.3, 0.4) is 0 Å². The Morgan fingerprint density at radius 1 is 1.24 bits per heavy atom.